The molecular weight excluding hydrogens is 280 g/mol. The van der Waals surface area contributed by atoms with Crippen LogP contribution in [0.5, 0.6) is 11.5 Å². The normalized spacial score (nSPS) is 12.0. The van der Waals surface area contributed by atoms with Crippen molar-refractivity contribution < 1.29 is 14.6 Å². The average Bonchev–Trinajstić information content (AvgIpc) is 2.53. The molecule has 116 valence electrons. The van der Waals surface area contributed by atoms with Gasteiger partial charge in [0.15, 0.2) is 0 Å². The standard InChI is InChI=1S/C17H20N2O3/c1-12(2)16(20)11-19-17(21)15-10-14(8-9-18-15)22-13-6-4-3-5-7-13/h3-10,12,16,20H,11H2,1-2H3,(H,19,21). The topological polar surface area (TPSA) is 71.5 Å². The van der Waals surface area contributed by atoms with Gasteiger partial charge in [0.2, 0.25) is 0 Å². The highest BCUT2D eigenvalue weighted by Gasteiger charge is 2.13. The summed E-state index contributed by atoms with van der Waals surface area (Å²) in [6, 6.07) is 12.6. The van der Waals surface area contributed by atoms with Crippen LogP contribution in [-0.2, 0) is 0 Å². The summed E-state index contributed by atoms with van der Waals surface area (Å²) in [5, 5.41) is 12.4. The molecule has 0 bridgehead atoms. The maximum absolute atomic E-state index is 12.0. The highest BCUT2D eigenvalue weighted by molar-refractivity contribution is 5.92. The number of amides is 1. The van der Waals surface area contributed by atoms with Crippen molar-refractivity contribution in [1.82, 2.24) is 10.3 Å². The van der Waals surface area contributed by atoms with Crippen molar-refractivity contribution >= 4 is 5.91 Å². The third kappa shape index (κ3) is 4.56. The number of hydrogen-bond acceptors (Lipinski definition) is 4. The Morgan fingerprint density at radius 2 is 1.95 bits per heavy atom. The number of carbonyl (C=O) groups is 1. The largest absolute Gasteiger partial charge is 0.457 e. The van der Waals surface area contributed by atoms with E-state index in [1.54, 1.807) is 12.1 Å². The van der Waals surface area contributed by atoms with Crippen LogP contribution in [-0.4, -0.2) is 28.6 Å². The van der Waals surface area contributed by atoms with Crippen LogP contribution in [0.3, 0.4) is 0 Å². The predicted octanol–water partition coefficient (Wildman–Crippen LogP) is 2.62. The van der Waals surface area contributed by atoms with Crippen LogP contribution in [0.15, 0.2) is 48.7 Å². The van der Waals surface area contributed by atoms with Crippen molar-refractivity contribution in [3.8, 4) is 11.5 Å². The lowest BCUT2D eigenvalue weighted by atomic mass is 10.1. The Hall–Kier alpha value is -2.40. The molecule has 1 aromatic heterocycles. The van der Waals surface area contributed by atoms with E-state index >= 15 is 0 Å². The summed E-state index contributed by atoms with van der Waals surface area (Å²) >= 11 is 0. The maximum atomic E-state index is 12.0. The lowest BCUT2D eigenvalue weighted by Crippen LogP contribution is -2.35. The van der Waals surface area contributed by atoms with Crippen LogP contribution in [0.1, 0.15) is 24.3 Å². The van der Waals surface area contributed by atoms with Gasteiger partial charge in [-0.1, -0.05) is 32.0 Å². The monoisotopic (exact) mass is 300 g/mol. The van der Waals surface area contributed by atoms with E-state index in [1.807, 2.05) is 44.2 Å². The number of rotatable bonds is 6. The van der Waals surface area contributed by atoms with Gasteiger partial charge in [-0.3, -0.25) is 9.78 Å². The van der Waals surface area contributed by atoms with E-state index in [2.05, 4.69) is 10.3 Å². The quantitative estimate of drug-likeness (QED) is 0.860. The van der Waals surface area contributed by atoms with Gasteiger partial charge in [-0.25, -0.2) is 0 Å². The second-order valence-corrected chi connectivity index (χ2v) is 5.31. The summed E-state index contributed by atoms with van der Waals surface area (Å²) in [4.78, 5) is 16.1. The maximum Gasteiger partial charge on any atom is 0.270 e. The molecule has 22 heavy (non-hydrogen) atoms. The van der Waals surface area contributed by atoms with E-state index < -0.39 is 6.10 Å². The first-order valence-corrected chi connectivity index (χ1v) is 7.21. The van der Waals surface area contributed by atoms with E-state index in [9.17, 15) is 9.90 Å². The zero-order chi connectivity index (χ0) is 15.9. The van der Waals surface area contributed by atoms with E-state index in [4.69, 9.17) is 4.74 Å². The number of nitrogens with one attached hydrogen (secondary N) is 1. The van der Waals surface area contributed by atoms with Crippen LogP contribution in [0.25, 0.3) is 0 Å². The van der Waals surface area contributed by atoms with Crippen LogP contribution in [0.2, 0.25) is 0 Å². The van der Waals surface area contributed by atoms with Gasteiger partial charge < -0.3 is 15.2 Å². The van der Waals surface area contributed by atoms with Crippen LogP contribution >= 0.6 is 0 Å². The van der Waals surface area contributed by atoms with E-state index in [0.29, 0.717) is 11.5 Å². The number of benzene rings is 1. The first kappa shape index (κ1) is 16.0. The van der Waals surface area contributed by atoms with Crippen molar-refractivity contribution in [2.75, 3.05) is 6.54 Å². The Bertz CT molecular complexity index is 614. The minimum Gasteiger partial charge on any atom is -0.457 e. The Morgan fingerprint density at radius 1 is 1.23 bits per heavy atom. The molecule has 1 amide bonds. The molecule has 1 atom stereocenters. The molecule has 0 aliphatic heterocycles. The minimum atomic E-state index is -0.576. The van der Waals surface area contributed by atoms with Gasteiger partial charge in [0.25, 0.3) is 5.91 Å². The Balaban J connectivity index is 2.00. The van der Waals surface area contributed by atoms with Gasteiger partial charge in [-0.2, -0.15) is 0 Å². The molecule has 0 saturated heterocycles. The number of para-hydroxylation sites is 1. The Labute approximate surface area is 130 Å². The Morgan fingerprint density at radius 3 is 2.64 bits per heavy atom. The molecule has 2 rings (SSSR count). The summed E-state index contributed by atoms with van der Waals surface area (Å²) in [6.45, 7) is 3.98. The first-order chi connectivity index (χ1) is 10.6. The van der Waals surface area contributed by atoms with Gasteiger partial charge in [0.05, 0.1) is 6.10 Å². The fourth-order valence-corrected chi connectivity index (χ4v) is 1.75. The Kier molecular flexibility index (Phi) is 5.49. The first-order valence-electron chi connectivity index (χ1n) is 7.21. The second-order valence-electron chi connectivity index (χ2n) is 5.31. The number of aromatic nitrogens is 1. The van der Waals surface area contributed by atoms with Crippen molar-refractivity contribution in [1.29, 1.82) is 0 Å². The van der Waals surface area contributed by atoms with Gasteiger partial charge in [0, 0.05) is 18.8 Å². The molecule has 0 aliphatic carbocycles. The number of aliphatic hydroxyl groups is 1. The molecule has 0 spiro atoms. The average molecular weight is 300 g/mol. The molecule has 1 unspecified atom stereocenters. The molecule has 0 fully saturated rings. The summed E-state index contributed by atoms with van der Waals surface area (Å²) in [6.07, 6.45) is 0.944. The van der Waals surface area contributed by atoms with Crippen LogP contribution < -0.4 is 10.1 Å². The molecule has 2 aromatic rings. The number of ether oxygens (including phenoxy) is 1. The van der Waals surface area contributed by atoms with Gasteiger partial charge in [0.1, 0.15) is 17.2 Å². The number of pyridine rings is 1. The number of aliphatic hydroxyl groups excluding tert-OH is 1. The molecule has 0 aliphatic rings. The zero-order valence-electron chi connectivity index (χ0n) is 12.7. The van der Waals surface area contributed by atoms with E-state index in [-0.39, 0.29) is 24.1 Å². The van der Waals surface area contributed by atoms with Gasteiger partial charge in [-0.05, 0) is 24.1 Å². The molecular formula is C17H20N2O3. The zero-order valence-corrected chi connectivity index (χ0v) is 12.7. The van der Waals surface area contributed by atoms with Gasteiger partial charge in [-0.15, -0.1) is 0 Å². The summed E-state index contributed by atoms with van der Waals surface area (Å²) in [5.41, 5.74) is 0.254. The highest BCUT2D eigenvalue weighted by Crippen LogP contribution is 2.20. The predicted molar refractivity (Wildman–Crippen MR) is 83.9 cm³/mol. The molecule has 5 nitrogen and oxygen atoms in total. The third-order valence-corrected chi connectivity index (χ3v) is 3.18. The smallest absolute Gasteiger partial charge is 0.270 e. The summed E-state index contributed by atoms with van der Waals surface area (Å²) in [7, 11) is 0. The van der Waals surface area contributed by atoms with E-state index in [0.717, 1.165) is 0 Å². The molecule has 0 radical (unpaired) electrons. The molecule has 0 saturated carbocycles. The second kappa shape index (κ2) is 7.56. The van der Waals surface area contributed by atoms with E-state index in [1.165, 1.54) is 6.20 Å². The van der Waals surface area contributed by atoms with Crippen molar-refractivity contribution in [2.45, 2.75) is 20.0 Å². The summed E-state index contributed by atoms with van der Waals surface area (Å²) < 4.78 is 5.66. The minimum absolute atomic E-state index is 0.0843. The molecule has 1 aromatic carbocycles. The fourth-order valence-electron chi connectivity index (χ4n) is 1.75. The molecule has 1 heterocycles. The number of hydrogen-bond donors (Lipinski definition) is 2. The SMILES string of the molecule is CC(C)C(O)CNC(=O)c1cc(Oc2ccccc2)ccn1. The number of nitrogens with zero attached hydrogens (tertiary/aromatic N) is 1. The molecule has 2 N–H and O–H groups in total. The summed E-state index contributed by atoms with van der Waals surface area (Å²) in [5.74, 6) is 0.977. The highest BCUT2D eigenvalue weighted by atomic mass is 16.5. The van der Waals surface area contributed by atoms with Crippen molar-refractivity contribution in [2.24, 2.45) is 5.92 Å². The van der Waals surface area contributed by atoms with Crippen LogP contribution in [0.4, 0.5) is 0 Å². The van der Waals surface area contributed by atoms with Crippen molar-refractivity contribution in [3.63, 3.8) is 0 Å². The van der Waals surface area contributed by atoms with Gasteiger partial charge >= 0.3 is 0 Å². The number of carbonyl (C=O) groups excluding carboxylic acids is 1. The third-order valence-electron chi connectivity index (χ3n) is 3.18. The lowest BCUT2D eigenvalue weighted by molar-refractivity contribution is 0.0867. The fraction of sp³-hybridized carbons (Fsp3) is 0.294. The van der Waals surface area contributed by atoms with Crippen molar-refractivity contribution in [3.05, 3.63) is 54.4 Å². The lowest BCUT2D eigenvalue weighted by Gasteiger charge is -2.15. The molecule has 5 heteroatoms. The van der Waals surface area contributed by atoms with Crippen LogP contribution in [0, 0.1) is 5.92 Å².